The monoisotopic (exact) mass is 379 g/mol. The van der Waals surface area contributed by atoms with Gasteiger partial charge in [-0.1, -0.05) is 47.7 Å². The van der Waals surface area contributed by atoms with Crippen LogP contribution in [-0.2, 0) is 17.6 Å². The fourth-order valence-electron chi connectivity index (χ4n) is 3.25. The zero-order chi connectivity index (χ0) is 18.8. The average Bonchev–Trinajstić information content (AvgIpc) is 3.27. The van der Waals surface area contributed by atoms with Crippen molar-refractivity contribution in [1.29, 1.82) is 0 Å². The Morgan fingerprint density at radius 3 is 2.74 bits per heavy atom. The largest absolute Gasteiger partial charge is 0.335 e. The molecule has 0 unspecified atom stereocenters. The molecule has 0 radical (unpaired) electrons. The van der Waals surface area contributed by atoms with Gasteiger partial charge in [0.05, 0.1) is 5.75 Å². The topological polar surface area (TPSA) is 85.8 Å². The van der Waals surface area contributed by atoms with Crippen LogP contribution in [0.3, 0.4) is 0 Å². The first-order chi connectivity index (χ1) is 13.1. The zero-order valence-electron chi connectivity index (χ0n) is 15.1. The lowest BCUT2D eigenvalue weighted by atomic mass is 10.1. The number of aromatic nitrogens is 3. The fraction of sp³-hybridized carbons (Fsp3) is 0.250. The van der Waals surface area contributed by atoms with E-state index >= 15 is 0 Å². The summed E-state index contributed by atoms with van der Waals surface area (Å²) in [7, 11) is 0. The molecule has 0 spiro atoms. The van der Waals surface area contributed by atoms with Crippen molar-refractivity contribution in [3.63, 3.8) is 0 Å². The molecule has 6 nitrogen and oxygen atoms in total. The van der Waals surface area contributed by atoms with Crippen LogP contribution in [0, 0.1) is 6.92 Å². The first kappa shape index (κ1) is 17.6. The Balaban J connectivity index is 1.38. The van der Waals surface area contributed by atoms with E-state index in [-0.39, 0.29) is 11.7 Å². The molecule has 2 aromatic carbocycles. The van der Waals surface area contributed by atoms with Crippen LogP contribution < -0.4 is 11.2 Å². The minimum atomic E-state index is -0.0853. The number of thioether (sulfide) groups is 1. The quantitative estimate of drug-likeness (QED) is 0.525. The van der Waals surface area contributed by atoms with Crippen LogP contribution in [-0.4, -0.2) is 26.5 Å². The molecule has 138 valence electrons. The number of amides is 1. The van der Waals surface area contributed by atoms with E-state index in [1.54, 1.807) is 0 Å². The number of hydrogen-bond acceptors (Lipinski definition) is 5. The molecule has 1 aromatic heterocycles. The molecular formula is C20H21N5OS. The predicted octanol–water partition coefficient (Wildman–Crippen LogP) is 3.19. The summed E-state index contributed by atoms with van der Waals surface area (Å²) >= 11 is 1.27. The van der Waals surface area contributed by atoms with Gasteiger partial charge in [0.15, 0.2) is 5.82 Å². The van der Waals surface area contributed by atoms with Crippen molar-refractivity contribution in [2.45, 2.75) is 31.3 Å². The van der Waals surface area contributed by atoms with Gasteiger partial charge in [0.1, 0.15) is 0 Å². The third-order valence-corrected chi connectivity index (χ3v) is 5.63. The van der Waals surface area contributed by atoms with Crippen molar-refractivity contribution < 1.29 is 4.79 Å². The summed E-state index contributed by atoms with van der Waals surface area (Å²) in [6, 6.07) is 14.1. The summed E-state index contributed by atoms with van der Waals surface area (Å²) in [4.78, 5) is 12.3. The molecule has 0 saturated carbocycles. The molecule has 3 N–H and O–H groups in total. The number of anilines is 1. The molecule has 0 bridgehead atoms. The van der Waals surface area contributed by atoms with Gasteiger partial charge in [0.2, 0.25) is 11.1 Å². The van der Waals surface area contributed by atoms with Gasteiger partial charge in [-0.05, 0) is 49.4 Å². The summed E-state index contributed by atoms with van der Waals surface area (Å²) in [5.74, 6) is 6.83. The van der Waals surface area contributed by atoms with Gasteiger partial charge in [-0.2, -0.15) is 0 Å². The normalized spacial score (nSPS) is 12.8. The maximum Gasteiger partial charge on any atom is 0.234 e. The first-order valence-electron chi connectivity index (χ1n) is 8.92. The summed E-state index contributed by atoms with van der Waals surface area (Å²) in [5.41, 5.74) is 5.63. The van der Waals surface area contributed by atoms with Gasteiger partial charge in [-0.25, -0.2) is 4.68 Å². The van der Waals surface area contributed by atoms with E-state index < -0.39 is 0 Å². The Labute approximate surface area is 162 Å². The number of aryl methyl sites for hydroxylation is 3. The molecular weight excluding hydrogens is 358 g/mol. The van der Waals surface area contributed by atoms with Crippen LogP contribution >= 0.6 is 11.8 Å². The standard InChI is InChI=1S/C20H21N5OS/c1-13-5-7-15(8-6-13)19-23-24-20(25(19)21)27-12-18(26)22-17-10-9-14-3-2-4-16(14)11-17/h5-11H,2-4,12,21H2,1H3,(H,22,26). The molecule has 0 atom stereocenters. The highest BCUT2D eigenvalue weighted by molar-refractivity contribution is 7.99. The summed E-state index contributed by atoms with van der Waals surface area (Å²) in [6.45, 7) is 2.03. The van der Waals surface area contributed by atoms with E-state index in [2.05, 4.69) is 27.6 Å². The van der Waals surface area contributed by atoms with E-state index in [9.17, 15) is 4.79 Å². The zero-order valence-corrected chi connectivity index (χ0v) is 15.9. The first-order valence-corrected chi connectivity index (χ1v) is 9.91. The van der Waals surface area contributed by atoms with E-state index in [1.807, 2.05) is 37.3 Å². The van der Waals surface area contributed by atoms with Crippen LogP contribution in [0.4, 0.5) is 5.69 Å². The smallest absolute Gasteiger partial charge is 0.234 e. The van der Waals surface area contributed by atoms with Crippen molar-refractivity contribution in [2.75, 3.05) is 16.9 Å². The predicted molar refractivity (Wildman–Crippen MR) is 108 cm³/mol. The summed E-state index contributed by atoms with van der Waals surface area (Å²) < 4.78 is 1.43. The van der Waals surface area contributed by atoms with Crippen LogP contribution in [0.15, 0.2) is 47.6 Å². The van der Waals surface area contributed by atoms with Crippen molar-refractivity contribution in [3.05, 3.63) is 59.2 Å². The Kier molecular flexibility index (Phi) is 4.85. The Morgan fingerprint density at radius 1 is 1.15 bits per heavy atom. The lowest BCUT2D eigenvalue weighted by Crippen LogP contribution is -2.16. The fourth-order valence-corrected chi connectivity index (χ4v) is 3.91. The van der Waals surface area contributed by atoms with Crippen molar-refractivity contribution in [1.82, 2.24) is 14.9 Å². The van der Waals surface area contributed by atoms with Crippen molar-refractivity contribution in [3.8, 4) is 11.4 Å². The molecule has 0 fully saturated rings. The number of nitrogens with two attached hydrogens (primary N) is 1. The minimum absolute atomic E-state index is 0.0853. The number of nitrogen functional groups attached to an aromatic ring is 1. The van der Waals surface area contributed by atoms with E-state index in [1.165, 1.54) is 39.5 Å². The highest BCUT2D eigenvalue weighted by Crippen LogP contribution is 2.25. The Bertz CT molecular complexity index is 981. The third-order valence-electron chi connectivity index (χ3n) is 4.69. The van der Waals surface area contributed by atoms with Gasteiger partial charge in [-0.3, -0.25) is 4.79 Å². The second-order valence-corrected chi connectivity index (χ2v) is 7.66. The highest BCUT2D eigenvalue weighted by Gasteiger charge is 2.15. The van der Waals surface area contributed by atoms with E-state index in [0.717, 1.165) is 24.1 Å². The number of benzene rings is 2. The lowest BCUT2D eigenvalue weighted by molar-refractivity contribution is -0.113. The van der Waals surface area contributed by atoms with Crippen LogP contribution in [0.2, 0.25) is 0 Å². The number of nitrogens with zero attached hydrogens (tertiary/aromatic N) is 3. The molecule has 27 heavy (non-hydrogen) atoms. The minimum Gasteiger partial charge on any atom is -0.335 e. The molecule has 1 aliphatic carbocycles. The van der Waals surface area contributed by atoms with Crippen molar-refractivity contribution >= 4 is 23.4 Å². The van der Waals surface area contributed by atoms with Crippen molar-refractivity contribution in [2.24, 2.45) is 0 Å². The molecule has 7 heteroatoms. The molecule has 0 aliphatic heterocycles. The van der Waals surface area contributed by atoms with Gasteiger partial charge >= 0.3 is 0 Å². The maximum atomic E-state index is 12.3. The Hall–Kier alpha value is -2.80. The van der Waals surface area contributed by atoms with Crippen LogP contribution in [0.1, 0.15) is 23.1 Å². The molecule has 1 heterocycles. The van der Waals surface area contributed by atoms with Gasteiger partial charge < -0.3 is 11.2 Å². The highest BCUT2D eigenvalue weighted by atomic mass is 32.2. The van der Waals surface area contributed by atoms with Gasteiger partial charge in [0, 0.05) is 11.3 Å². The number of carbonyl (C=O) groups is 1. The molecule has 1 amide bonds. The number of fused-ring (bicyclic) bond motifs is 1. The summed E-state index contributed by atoms with van der Waals surface area (Å²) in [6.07, 6.45) is 3.42. The van der Waals surface area contributed by atoms with E-state index in [4.69, 9.17) is 5.84 Å². The number of nitrogens with one attached hydrogen (secondary N) is 1. The second-order valence-electron chi connectivity index (χ2n) is 6.72. The van der Waals surface area contributed by atoms with E-state index in [0.29, 0.717) is 11.0 Å². The summed E-state index contributed by atoms with van der Waals surface area (Å²) in [5, 5.41) is 11.7. The van der Waals surface area contributed by atoms with Gasteiger partial charge in [-0.15, -0.1) is 10.2 Å². The average molecular weight is 379 g/mol. The molecule has 0 saturated heterocycles. The van der Waals surface area contributed by atoms with Crippen LogP contribution in [0.5, 0.6) is 0 Å². The number of rotatable bonds is 5. The molecule has 3 aromatic rings. The Morgan fingerprint density at radius 2 is 1.93 bits per heavy atom. The number of hydrogen-bond donors (Lipinski definition) is 2. The second kappa shape index (κ2) is 7.44. The lowest BCUT2D eigenvalue weighted by Gasteiger charge is -2.07. The molecule has 1 aliphatic rings. The third kappa shape index (κ3) is 3.83. The SMILES string of the molecule is Cc1ccc(-c2nnc(SCC(=O)Nc3ccc4c(c3)CCC4)n2N)cc1. The van der Waals surface area contributed by atoms with Gasteiger partial charge in [0.25, 0.3) is 0 Å². The van der Waals surface area contributed by atoms with Crippen LogP contribution in [0.25, 0.3) is 11.4 Å². The maximum absolute atomic E-state index is 12.3. The number of carbonyl (C=O) groups excluding carboxylic acids is 1. The molecule has 4 rings (SSSR count).